The topological polar surface area (TPSA) is 53.6 Å². The highest BCUT2D eigenvalue weighted by Gasteiger charge is 2.15. The lowest BCUT2D eigenvalue weighted by Crippen LogP contribution is -2.17. The molecule has 0 radical (unpaired) electrons. The molecule has 0 spiro atoms. The van der Waals surface area contributed by atoms with E-state index in [0.29, 0.717) is 0 Å². The van der Waals surface area contributed by atoms with Crippen LogP contribution in [0.25, 0.3) is 10.9 Å². The lowest BCUT2D eigenvalue weighted by molar-refractivity contribution is 0.689. The molecule has 2 N–H and O–H groups in total. The van der Waals surface area contributed by atoms with Crippen LogP contribution in [-0.2, 0) is 0 Å². The molecule has 0 bridgehead atoms. The van der Waals surface area contributed by atoms with Crippen molar-refractivity contribution in [1.29, 1.82) is 0 Å². The molecular weight excluding hydrogens is 224 g/mol. The average molecular weight is 238 g/mol. The van der Waals surface area contributed by atoms with Crippen LogP contribution < -0.4 is 5.32 Å². The predicted molar refractivity (Wildman–Crippen MR) is 71.2 cm³/mol. The molecule has 0 aliphatic rings. The molecule has 0 aliphatic carbocycles. The number of benzene rings is 1. The number of nitrogens with one attached hydrogen (secondary N) is 2. The van der Waals surface area contributed by atoms with Gasteiger partial charge in [-0.2, -0.15) is 10.2 Å². The fraction of sp³-hybridized carbons (Fsp3) is 0.143. The Morgan fingerprint density at radius 3 is 2.83 bits per heavy atom. The quantitative estimate of drug-likeness (QED) is 0.736. The smallest absolute Gasteiger partial charge is 0.0611 e. The highest BCUT2D eigenvalue weighted by molar-refractivity contribution is 5.84. The SMILES string of the molecule is CNC(c1ccnnc1)c1c[nH]c2ccccc12. The first-order chi connectivity index (χ1) is 8.90. The standard InChI is InChI=1S/C14H14N4/c1-15-14(10-6-7-17-18-8-10)12-9-16-13-5-3-2-4-11(12)13/h2-9,14-16H,1H3. The van der Waals surface area contributed by atoms with Gasteiger partial charge in [0, 0.05) is 23.3 Å². The Kier molecular flexibility index (Phi) is 2.78. The van der Waals surface area contributed by atoms with E-state index in [4.69, 9.17) is 0 Å². The van der Waals surface area contributed by atoms with Gasteiger partial charge in [-0.25, -0.2) is 0 Å². The van der Waals surface area contributed by atoms with Crippen molar-refractivity contribution in [2.45, 2.75) is 6.04 Å². The first-order valence-corrected chi connectivity index (χ1v) is 5.90. The molecule has 1 unspecified atom stereocenters. The van der Waals surface area contributed by atoms with Gasteiger partial charge in [0.15, 0.2) is 0 Å². The van der Waals surface area contributed by atoms with Crippen molar-refractivity contribution < 1.29 is 0 Å². The van der Waals surface area contributed by atoms with E-state index in [1.807, 2.05) is 25.4 Å². The van der Waals surface area contributed by atoms with E-state index >= 15 is 0 Å². The van der Waals surface area contributed by atoms with Crippen molar-refractivity contribution in [2.24, 2.45) is 0 Å². The number of aromatic nitrogens is 3. The zero-order valence-electron chi connectivity index (χ0n) is 10.1. The van der Waals surface area contributed by atoms with Gasteiger partial charge in [0.2, 0.25) is 0 Å². The fourth-order valence-corrected chi connectivity index (χ4v) is 2.31. The number of hydrogen-bond donors (Lipinski definition) is 2. The Morgan fingerprint density at radius 2 is 2.06 bits per heavy atom. The summed E-state index contributed by atoms with van der Waals surface area (Å²) in [4.78, 5) is 3.30. The molecule has 1 atom stereocenters. The largest absolute Gasteiger partial charge is 0.361 e. The molecule has 0 fully saturated rings. The van der Waals surface area contributed by atoms with Crippen LogP contribution in [0.15, 0.2) is 48.9 Å². The summed E-state index contributed by atoms with van der Waals surface area (Å²) in [5, 5.41) is 12.3. The number of fused-ring (bicyclic) bond motifs is 1. The lowest BCUT2D eigenvalue weighted by atomic mass is 10.0. The Morgan fingerprint density at radius 1 is 1.17 bits per heavy atom. The van der Waals surface area contributed by atoms with Gasteiger partial charge in [0.1, 0.15) is 0 Å². The van der Waals surface area contributed by atoms with E-state index in [2.05, 4.69) is 38.7 Å². The van der Waals surface area contributed by atoms with Gasteiger partial charge in [0.25, 0.3) is 0 Å². The second-order valence-corrected chi connectivity index (χ2v) is 4.19. The van der Waals surface area contributed by atoms with Crippen LogP contribution in [0.2, 0.25) is 0 Å². The number of hydrogen-bond acceptors (Lipinski definition) is 3. The third-order valence-corrected chi connectivity index (χ3v) is 3.16. The second-order valence-electron chi connectivity index (χ2n) is 4.19. The van der Waals surface area contributed by atoms with Crippen molar-refractivity contribution in [3.05, 3.63) is 60.0 Å². The second kappa shape index (κ2) is 4.58. The van der Waals surface area contributed by atoms with Gasteiger partial charge in [-0.15, -0.1) is 0 Å². The molecule has 90 valence electrons. The Labute approximate surface area is 105 Å². The van der Waals surface area contributed by atoms with Crippen LogP contribution in [0.5, 0.6) is 0 Å². The third-order valence-electron chi connectivity index (χ3n) is 3.16. The molecule has 0 saturated heterocycles. The number of H-pyrrole nitrogens is 1. The summed E-state index contributed by atoms with van der Waals surface area (Å²) in [5.74, 6) is 0. The van der Waals surface area contributed by atoms with E-state index in [-0.39, 0.29) is 6.04 Å². The summed E-state index contributed by atoms with van der Waals surface area (Å²) in [5.41, 5.74) is 3.48. The molecule has 4 heteroatoms. The summed E-state index contributed by atoms with van der Waals surface area (Å²) in [6, 6.07) is 10.4. The normalized spacial score (nSPS) is 12.7. The molecule has 2 aromatic heterocycles. The molecule has 3 aromatic rings. The van der Waals surface area contributed by atoms with Gasteiger partial charge in [0.05, 0.1) is 12.2 Å². The van der Waals surface area contributed by atoms with Gasteiger partial charge < -0.3 is 10.3 Å². The van der Waals surface area contributed by atoms with Gasteiger partial charge in [-0.3, -0.25) is 0 Å². The number of rotatable bonds is 3. The fourth-order valence-electron chi connectivity index (χ4n) is 2.31. The van der Waals surface area contributed by atoms with Crippen LogP contribution in [0.4, 0.5) is 0 Å². The molecule has 18 heavy (non-hydrogen) atoms. The van der Waals surface area contributed by atoms with Crippen molar-refractivity contribution in [1.82, 2.24) is 20.5 Å². The van der Waals surface area contributed by atoms with Crippen LogP contribution in [0.1, 0.15) is 17.2 Å². The van der Waals surface area contributed by atoms with E-state index in [1.165, 1.54) is 10.9 Å². The molecular formula is C14H14N4. The molecule has 2 heterocycles. The predicted octanol–water partition coefficient (Wildman–Crippen LogP) is 2.27. The highest BCUT2D eigenvalue weighted by Crippen LogP contribution is 2.27. The third kappa shape index (κ3) is 1.76. The van der Waals surface area contributed by atoms with Crippen LogP contribution in [0, 0.1) is 0 Å². The zero-order chi connectivity index (χ0) is 12.4. The van der Waals surface area contributed by atoms with Crippen molar-refractivity contribution in [3.8, 4) is 0 Å². The number of aromatic amines is 1. The number of para-hydroxylation sites is 1. The molecule has 1 aromatic carbocycles. The summed E-state index contributed by atoms with van der Waals surface area (Å²) < 4.78 is 0. The van der Waals surface area contributed by atoms with Gasteiger partial charge in [-0.05, 0) is 30.3 Å². The van der Waals surface area contributed by atoms with Crippen LogP contribution in [0.3, 0.4) is 0 Å². The van der Waals surface area contributed by atoms with Crippen molar-refractivity contribution >= 4 is 10.9 Å². The molecule has 3 rings (SSSR count). The Hall–Kier alpha value is -2.20. The summed E-state index contributed by atoms with van der Waals surface area (Å²) in [7, 11) is 1.95. The van der Waals surface area contributed by atoms with Crippen LogP contribution >= 0.6 is 0 Å². The minimum Gasteiger partial charge on any atom is -0.361 e. The summed E-state index contributed by atoms with van der Waals surface area (Å²) in [6.45, 7) is 0. The maximum absolute atomic E-state index is 3.94. The maximum Gasteiger partial charge on any atom is 0.0611 e. The van der Waals surface area contributed by atoms with Gasteiger partial charge in [-0.1, -0.05) is 18.2 Å². The van der Waals surface area contributed by atoms with E-state index in [0.717, 1.165) is 11.1 Å². The first-order valence-electron chi connectivity index (χ1n) is 5.90. The molecule has 0 saturated carbocycles. The monoisotopic (exact) mass is 238 g/mol. The van der Waals surface area contributed by atoms with Crippen molar-refractivity contribution in [2.75, 3.05) is 7.05 Å². The minimum absolute atomic E-state index is 0.122. The lowest BCUT2D eigenvalue weighted by Gasteiger charge is -2.15. The van der Waals surface area contributed by atoms with Gasteiger partial charge >= 0.3 is 0 Å². The minimum atomic E-state index is 0.122. The van der Waals surface area contributed by atoms with Crippen molar-refractivity contribution in [3.63, 3.8) is 0 Å². The van der Waals surface area contributed by atoms with Crippen LogP contribution in [-0.4, -0.2) is 22.2 Å². The Balaban J connectivity index is 2.12. The highest BCUT2D eigenvalue weighted by atomic mass is 15.1. The summed E-state index contributed by atoms with van der Waals surface area (Å²) in [6.07, 6.45) is 5.56. The average Bonchev–Trinajstić information content (AvgIpc) is 2.85. The molecule has 0 amide bonds. The maximum atomic E-state index is 3.94. The molecule has 0 aliphatic heterocycles. The summed E-state index contributed by atoms with van der Waals surface area (Å²) >= 11 is 0. The van der Waals surface area contributed by atoms with E-state index < -0.39 is 0 Å². The zero-order valence-corrected chi connectivity index (χ0v) is 10.1. The Bertz CT molecular complexity index is 645. The number of nitrogens with zero attached hydrogens (tertiary/aromatic N) is 2. The van der Waals surface area contributed by atoms with E-state index in [1.54, 1.807) is 12.4 Å². The molecule has 4 nitrogen and oxygen atoms in total. The van der Waals surface area contributed by atoms with E-state index in [9.17, 15) is 0 Å². The first kappa shape index (κ1) is 10.9.